The SMILES string of the molecule is O=C(CSc1nnc(Nc2ccccc2)s1)Nc1ccc(Cl)c(C(F)(F)F)c1. The van der Waals surface area contributed by atoms with Gasteiger partial charge in [-0.1, -0.05) is 52.9 Å². The summed E-state index contributed by atoms with van der Waals surface area (Å²) in [5, 5.41) is 13.6. The number of para-hydroxylation sites is 1. The highest BCUT2D eigenvalue weighted by Gasteiger charge is 2.33. The minimum absolute atomic E-state index is 0.0195. The lowest BCUT2D eigenvalue weighted by atomic mass is 10.2. The lowest BCUT2D eigenvalue weighted by Crippen LogP contribution is -2.15. The molecule has 1 amide bonds. The quantitative estimate of drug-likeness (QED) is 0.478. The van der Waals surface area contributed by atoms with Crippen molar-refractivity contribution in [3.05, 3.63) is 59.1 Å². The summed E-state index contributed by atoms with van der Waals surface area (Å²) < 4.78 is 39.2. The Balaban J connectivity index is 1.55. The van der Waals surface area contributed by atoms with Crippen molar-refractivity contribution < 1.29 is 18.0 Å². The fourth-order valence-corrected chi connectivity index (χ4v) is 3.91. The van der Waals surface area contributed by atoms with Crippen molar-refractivity contribution in [2.45, 2.75) is 10.5 Å². The summed E-state index contributed by atoms with van der Waals surface area (Å²) in [6.45, 7) is 0. The maximum Gasteiger partial charge on any atom is 0.417 e. The molecule has 0 saturated carbocycles. The normalized spacial score (nSPS) is 11.3. The van der Waals surface area contributed by atoms with Gasteiger partial charge in [-0.15, -0.1) is 10.2 Å². The van der Waals surface area contributed by atoms with Gasteiger partial charge in [-0.05, 0) is 30.3 Å². The molecular weight excluding hydrogens is 433 g/mol. The summed E-state index contributed by atoms with van der Waals surface area (Å²) >= 11 is 7.97. The molecule has 0 bridgehead atoms. The van der Waals surface area contributed by atoms with Crippen molar-refractivity contribution >= 4 is 57.1 Å². The summed E-state index contributed by atoms with van der Waals surface area (Å²) in [7, 11) is 0. The number of anilines is 3. The van der Waals surface area contributed by atoms with Crippen LogP contribution >= 0.6 is 34.7 Å². The lowest BCUT2D eigenvalue weighted by Gasteiger charge is -2.11. The van der Waals surface area contributed by atoms with E-state index in [1.807, 2.05) is 30.3 Å². The number of thioether (sulfide) groups is 1. The fraction of sp³-hybridized carbons (Fsp3) is 0.118. The smallest absolute Gasteiger partial charge is 0.330 e. The Morgan fingerprint density at radius 1 is 1.11 bits per heavy atom. The molecule has 146 valence electrons. The van der Waals surface area contributed by atoms with Crippen molar-refractivity contribution in [1.29, 1.82) is 0 Å². The molecule has 0 saturated heterocycles. The third-order valence-corrected chi connectivity index (χ3v) is 5.62. The van der Waals surface area contributed by atoms with Crippen LogP contribution in [0.2, 0.25) is 5.02 Å². The van der Waals surface area contributed by atoms with Crippen molar-refractivity contribution in [2.75, 3.05) is 16.4 Å². The number of hydrogen-bond donors (Lipinski definition) is 2. The van der Waals surface area contributed by atoms with Crippen molar-refractivity contribution in [1.82, 2.24) is 10.2 Å². The fourth-order valence-electron chi connectivity index (χ4n) is 2.11. The first-order chi connectivity index (χ1) is 13.3. The van der Waals surface area contributed by atoms with Crippen LogP contribution in [0.1, 0.15) is 5.56 Å². The first-order valence-electron chi connectivity index (χ1n) is 7.76. The Labute approximate surface area is 171 Å². The Bertz CT molecular complexity index is 967. The maximum atomic E-state index is 12.9. The van der Waals surface area contributed by atoms with Gasteiger partial charge in [0.25, 0.3) is 0 Å². The summed E-state index contributed by atoms with van der Waals surface area (Å²) in [6, 6.07) is 12.6. The van der Waals surface area contributed by atoms with Gasteiger partial charge in [0.15, 0.2) is 4.34 Å². The number of benzene rings is 2. The Morgan fingerprint density at radius 2 is 1.86 bits per heavy atom. The van der Waals surface area contributed by atoms with Gasteiger partial charge in [-0.2, -0.15) is 13.2 Å². The third kappa shape index (κ3) is 5.60. The minimum Gasteiger partial charge on any atom is -0.330 e. The largest absolute Gasteiger partial charge is 0.417 e. The summed E-state index contributed by atoms with van der Waals surface area (Å²) in [5.41, 5.74) is -0.123. The summed E-state index contributed by atoms with van der Waals surface area (Å²) in [6.07, 6.45) is -4.60. The number of amides is 1. The van der Waals surface area contributed by atoms with Crippen LogP contribution in [-0.2, 0) is 11.0 Å². The third-order valence-electron chi connectivity index (χ3n) is 3.31. The van der Waals surface area contributed by atoms with Crippen molar-refractivity contribution in [3.63, 3.8) is 0 Å². The molecule has 0 atom stereocenters. The zero-order valence-corrected chi connectivity index (χ0v) is 16.3. The van der Waals surface area contributed by atoms with Gasteiger partial charge in [0.2, 0.25) is 11.0 Å². The monoisotopic (exact) mass is 444 g/mol. The molecule has 0 unspecified atom stereocenters. The number of aromatic nitrogens is 2. The molecule has 11 heteroatoms. The number of alkyl halides is 3. The molecule has 0 aliphatic heterocycles. The summed E-state index contributed by atoms with van der Waals surface area (Å²) in [4.78, 5) is 12.0. The Kier molecular flexibility index (Phi) is 6.42. The van der Waals surface area contributed by atoms with E-state index in [1.54, 1.807) is 0 Å². The molecule has 3 rings (SSSR count). The van der Waals surface area contributed by atoms with Gasteiger partial charge >= 0.3 is 6.18 Å². The standard InChI is InChI=1S/C17H12ClF3N4OS2/c18-13-7-6-11(8-12(13)17(19,20)21)22-14(26)9-27-16-25-24-15(28-16)23-10-4-2-1-3-5-10/h1-8H,9H2,(H,22,26)(H,23,24). The second-order valence-electron chi connectivity index (χ2n) is 5.39. The molecule has 0 spiro atoms. The highest BCUT2D eigenvalue weighted by molar-refractivity contribution is 8.01. The highest BCUT2D eigenvalue weighted by atomic mass is 35.5. The molecule has 3 aromatic rings. The second-order valence-corrected chi connectivity index (χ2v) is 8.00. The van der Waals surface area contributed by atoms with Gasteiger partial charge in [0.1, 0.15) is 0 Å². The van der Waals surface area contributed by atoms with Crippen LogP contribution in [0.4, 0.5) is 29.7 Å². The molecule has 2 N–H and O–H groups in total. The van der Waals surface area contributed by atoms with Crippen LogP contribution in [-0.4, -0.2) is 21.9 Å². The second kappa shape index (κ2) is 8.80. The van der Waals surface area contributed by atoms with Crippen LogP contribution in [0.5, 0.6) is 0 Å². The van der Waals surface area contributed by atoms with Crippen LogP contribution in [0.25, 0.3) is 0 Å². The van der Waals surface area contributed by atoms with Gasteiger partial charge in [-0.25, -0.2) is 0 Å². The molecular formula is C17H12ClF3N4OS2. The predicted octanol–water partition coefficient (Wildman–Crippen LogP) is 5.68. The lowest BCUT2D eigenvalue weighted by molar-refractivity contribution is -0.137. The van der Waals surface area contributed by atoms with Gasteiger partial charge in [0, 0.05) is 11.4 Å². The molecule has 2 aromatic carbocycles. The molecule has 1 aromatic heterocycles. The van der Waals surface area contributed by atoms with E-state index in [1.165, 1.54) is 17.4 Å². The number of hydrogen-bond acceptors (Lipinski definition) is 6. The van der Waals surface area contributed by atoms with Crippen molar-refractivity contribution in [3.8, 4) is 0 Å². The zero-order chi connectivity index (χ0) is 20.1. The van der Waals surface area contributed by atoms with Gasteiger partial charge < -0.3 is 10.6 Å². The van der Waals surface area contributed by atoms with Gasteiger partial charge in [0.05, 0.1) is 16.3 Å². The average Bonchev–Trinajstić information content (AvgIpc) is 3.09. The van der Waals surface area contributed by atoms with E-state index in [2.05, 4.69) is 20.8 Å². The Hall–Kier alpha value is -2.30. The molecule has 0 aliphatic rings. The van der Waals surface area contributed by atoms with Crippen molar-refractivity contribution in [2.24, 2.45) is 0 Å². The average molecular weight is 445 g/mol. The molecule has 5 nitrogen and oxygen atoms in total. The number of halogens is 4. The van der Waals surface area contributed by atoms with Crippen LogP contribution in [0.15, 0.2) is 52.9 Å². The number of rotatable bonds is 6. The van der Waals surface area contributed by atoms with Crippen LogP contribution < -0.4 is 10.6 Å². The molecule has 0 fully saturated rings. The first kappa shape index (κ1) is 20.4. The van der Waals surface area contributed by atoms with E-state index in [0.717, 1.165) is 29.6 Å². The first-order valence-corrected chi connectivity index (χ1v) is 9.94. The molecule has 0 aliphatic carbocycles. The van der Waals surface area contributed by atoms with E-state index in [4.69, 9.17) is 11.6 Å². The van der Waals surface area contributed by atoms with Crippen LogP contribution in [0, 0.1) is 0 Å². The van der Waals surface area contributed by atoms with Crippen LogP contribution in [0.3, 0.4) is 0 Å². The zero-order valence-electron chi connectivity index (χ0n) is 14.0. The highest BCUT2D eigenvalue weighted by Crippen LogP contribution is 2.36. The van der Waals surface area contributed by atoms with E-state index in [9.17, 15) is 18.0 Å². The summed E-state index contributed by atoms with van der Waals surface area (Å²) in [5.74, 6) is -0.488. The van der Waals surface area contributed by atoms with E-state index in [0.29, 0.717) is 9.47 Å². The number of nitrogens with zero attached hydrogens (tertiary/aromatic N) is 2. The number of carbonyl (C=O) groups is 1. The molecule has 0 radical (unpaired) electrons. The minimum atomic E-state index is -4.60. The predicted molar refractivity (Wildman–Crippen MR) is 105 cm³/mol. The van der Waals surface area contributed by atoms with Gasteiger partial charge in [-0.3, -0.25) is 4.79 Å². The van der Waals surface area contributed by atoms with E-state index >= 15 is 0 Å². The Morgan fingerprint density at radius 3 is 2.57 bits per heavy atom. The van der Waals surface area contributed by atoms with E-state index in [-0.39, 0.29) is 11.4 Å². The molecule has 1 heterocycles. The number of nitrogens with one attached hydrogen (secondary N) is 2. The maximum absolute atomic E-state index is 12.9. The molecule has 28 heavy (non-hydrogen) atoms. The number of carbonyl (C=O) groups excluding carboxylic acids is 1. The topological polar surface area (TPSA) is 66.9 Å². The van der Waals surface area contributed by atoms with E-state index < -0.39 is 22.7 Å².